The standard InChI is InChI=1S/C27H48N4O9.C15H25NO5/c1-14-21(39-7)22(40-8)17(4)26(35,9-10-32)23(14)28-25(34)19-11-31(30-29-19)24-15(2)20(38-6)18(12-33)16(3)27(24,36)13-37-5;1-6-12(18)16-14-9(2)13(21-5)11(7-17)10(3)15(14,19)8-20-4/h11,14-18,20-24,32-33,35-36H,9-10,12-13H2,1-8H3,(H,28,34);1,9-11,13-14,17,19H,7-8H2,2-5H3,(H,16,18). The Morgan fingerprint density at radius 3 is 1.66 bits per heavy atom. The molecule has 18 unspecified atom stereocenters. The Labute approximate surface area is 360 Å². The highest BCUT2D eigenvalue weighted by atomic mass is 16.5. The normalized spacial score (nSPS) is 41.2. The molecule has 0 saturated heterocycles. The van der Waals surface area contributed by atoms with E-state index in [0.717, 1.165) is 0 Å². The number of terminal acetylenes is 1. The number of hydrogen-bond acceptors (Lipinski definition) is 16. The summed E-state index contributed by atoms with van der Waals surface area (Å²) >= 11 is 0. The molecule has 1 aromatic heterocycles. The number of amides is 2. The van der Waals surface area contributed by atoms with Gasteiger partial charge in [-0.2, -0.15) is 0 Å². The van der Waals surface area contributed by atoms with Gasteiger partial charge in [-0.25, -0.2) is 4.68 Å². The maximum Gasteiger partial charge on any atom is 0.295 e. The fraction of sp³-hybridized carbons (Fsp3) is 0.857. The van der Waals surface area contributed by atoms with Gasteiger partial charge in [0.15, 0.2) is 5.69 Å². The summed E-state index contributed by atoms with van der Waals surface area (Å²) in [6, 6.07) is -2.08. The first-order valence-electron chi connectivity index (χ1n) is 20.9. The molecule has 8 N–H and O–H groups in total. The van der Waals surface area contributed by atoms with Gasteiger partial charge in [0.25, 0.3) is 11.8 Å². The van der Waals surface area contributed by atoms with E-state index in [1.807, 2.05) is 47.5 Å². The summed E-state index contributed by atoms with van der Waals surface area (Å²) in [6.07, 6.45) is 5.04. The predicted molar refractivity (Wildman–Crippen MR) is 221 cm³/mol. The Hall–Kier alpha value is -2.84. The van der Waals surface area contributed by atoms with E-state index in [2.05, 4.69) is 20.9 Å². The van der Waals surface area contributed by atoms with Crippen molar-refractivity contribution in [3.05, 3.63) is 11.9 Å². The summed E-state index contributed by atoms with van der Waals surface area (Å²) in [4.78, 5) is 25.1. The molecule has 1 heterocycles. The van der Waals surface area contributed by atoms with Crippen molar-refractivity contribution in [2.24, 2.45) is 47.3 Å². The third-order valence-electron chi connectivity index (χ3n) is 14.5. The van der Waals surface area contributed by atoms with Gasteiger partial charge in [0.2, 0.25) is 0 Å². The molecule has 19 nitrogen and oxygen atoms in total. The molecule has 350 valence electrons. The van der Waals surface area contributed by atoms with Crippen molar-refractivity contribution in [2.75, 3.05) is 75.7 Å². The highest BCUT2D eigenvalue weighted by molar-refractivity contribution is 5.93. The molecule has 0 bridgehead atoms. The van der Waals surface area contributed by atoms with Crippen LogP contribution in [0.5, 0.6) is 0 Å². The fourth-order valence-corrected chi connectivity index (χ4v) is 11.1. The minimum atomic E-state index is -1.48. The van der Waals surface area contributed by atoms with Crippen LogP contribution < -0.4 is 10.6 Å². The van der Waals surface area contributed by atoms with Crippen molar-refractivity contribution in [1.82, 2.24) is 25.6 Å². The first kappa shape index (κ1) is 52.5. The molecule has 19 heteroatoms. The van der Waals surface area contributed by atoms with Crippen LogP contribution in [0.1, 0.15) is 64.5 Å². The van der Waals surface area contributed by atoms with Crippen molar-refractivity contribution in [2.45, 2.75) is 107 Å². The molecule has 0 spiro atoms. The number of hydrogen-bond donors (Lipinski definition) is 8. The van der Waals surface area contributed by atoms with Gasteiger partial charge in [0.05, 0.1) is 67.6 Å². The minimum absolute atomic E-state index is 0.00750. The number of carbonyl (C=O) groups excluding carboxylic acids is 2. The van der Waals surface area contributed by atoms with E-state index in [0.29, 0.717) is 0 Å². The second-order valence-electron chi connectivity index (χ2n) is 17.3. The van der Waals surface area contributed by atoms with Crippen LogP contribution in [0.15, 0.2) is 6.20 Å². The Bertz CT molecular complexity index is 1600. The first-order chi connectivity index (χ1) is 28.8. The maximum atomic E-state index is 13.5. The van der Waals surface area contributed by atoms with Crippen LogP contribution in [0.25, 0.3) is 0 Å². The van der Waals surface area contributed by atoms with Crippen LogP contribution in [-0.4, -0.2) is 186 Å². The predicted octanol–water partition coefficient (Wildman–Crippen LogP) is -0.975. The van der Waals surface area contributed by atoms with E-state index in [1.54, 1.807) is 28.4 Å². The number of nitrogens with zero attached hydrogens (tertiary/aromatic N) is 3. The molecule has 0 radical (unpaired) electrons. The van der Waals surface area contributed by atoms with Crippen LogP contribution in [0.3, 0.4) is 0 Å². The van der Waals surface area contributed by atoms with Crippen molar-refractivity contribution in [3.8, 4) is 12.3 Å². The third-order valence-corrected chi connectivity index (χ3v) is 14.5. The Kier molecular flexibility index (Phi) is 19.1. The van der Waals surface area contributed by atoms with Gasteiger partial charge in [0.1, 0.15) is 11.2 Å². The van der Waals surface area contributed by atoms with Crippen molar-refractivity contribution in [1.29, 1.82) is 0 Å². The molecule has 0 aliphatic heterocycles. The monoisotopic (exact) mass is 872 g/mol. The number of aliphatic hydroxyl groups is 6. The van der Waals surface area contributed by atoms with Crippen LogP contribution in [0.4, 0.5) is 0 Å². The van der Waals surface area contributed by atoms with Gasteiger partial charge in [-0.1, -0.05) is 46.8 Å². The molecule has 1 aromatic rings. The molecule has 3 fully saturated rings. The summed E-state index contributed by atoms with van der Waals surface area (Å²) in [6.45, 7) is 10.5. The zero-order chi connectivity index (χ0) is 46.2. The lowest BCUT2D eigenvalue weighted by Crippen LogP contribution is -2.70. The molecule has 61 heavy (non-hydrogen) atoms. The zero-order valence-electron chi connectivity index (χ0n) is 37.8. The molecule has 2 amide bonds. The van der Waals surface area contributed by atoms with Crippen LogP contribution in [-0.2, 0) is 33.2 Å². The van der Waals surface area contributed by atoms with E-state index < -0.39 is 70.8 Å². The van der Waals surface area contributed by atoms with Gasteiger partial charge in [0, 0.05) is 104 Å². The summed E-state index contributed by atoms with van der Waals surface area (Å²) in [7, 11) is 9.19. The Morgan fingerprint density at radius 2 is 1.18 bits per heavy atom. The molecule has 0 aromatic carbocycles. The van der Waals surface area contributed by atoms with Gasteiger partial charge in [-0.3, -0.25) is 9.59 Å². The van der Waals surface area contributed by atoms with E-state index in [1.165, 1.54) is 25.1 Å². The summed E-state index contributed by atoms with van der Waals surface area (Å²) in [5.41, 5.74) is -4.25. The molecular formula is C42H73N5O14. The topological polar surface area (TPSA) is 266 Å². The minimum Gasteiger partial charge on any atom is -0.396 e. The average molecular weight is 872 g/mol. The van der Waals surface area contributed by atoms with E-state index in [9.17, 15) is 40.2 Å². The van der Waals surface area contributed by atoms with E-state index >= 15 is 0 Å². The fourth-order valence-electron chi connectivity index (χ4n) is 11.1. The molecule has 4 rings (SSSR count). The van der Waals surface area contributed by atoms with Crippen LogP contribution >= 0.6 is 0 Å². The number of methoxy groups -OCH3 is 6. The van der Waals surface area contributed by atoms with Crippen molar-refractivity contribution >= 4 is 11.8 Å². The number of carbonyl (C=O) groups is 2. The smallest absolute Gasteiger partial charge is 0.295 e. The highest BCUT2D eigenvalue weighted by Gasteiger charge is 2.59. The maximum absolute atomic E-state index is 13.5. The average Bonchev–Trinajstić information content (AvgIpc) is 3.72. The lowest BCUT2D eigenvalue weighted by molar-refractivity contribution is -0.204. The van der Waals surface area contributed by atoms with Crippen LogP contribution in [0.2, 0.25) is 0 Å². The SMILES string of the molecule is C#CC(=O)NC1C(C)C(OC)C(CO)C(C)C1(O)COC.COCC1(O)C(C)C(CO)C(OC)C(C)C1n1cc(C(=O)NC2C(C)C(OC)C(OC)C(C)C2(O)CCO)nn1. The third kappa shape index (κ3) is 9.96. The van der Waals surface area contributed by atoms with Crippen molar-refractivity contribution < 1.29 is 68.6 Å². The van der Waals surface area contributed by atoms with Gasteiger partial charge < -0.3 is 69.7 Å². The second-order valence-corrected chi connectivity index (χ2v) is 17.3. The van der Waals surface area contributed by atoms with Crippen LogP contribution in [0, 0.1) is 59.7 Å². The van der Waals surface area contributed by atoms with Gasteiger partial charge in [-0.05, 0) is 17.8 Å². The number of aromatic nitrogens is 3. The van der Waals surface area contributed by atoms with Gasteiger partial charge >= 0.3 is 0 Å². The highest BCUT2D eigenvalue weighted by Crippen LogP contribution is 2.49. The van der Waals surface area contributed by atoms with Crippen molar-refractivity contribution in [3.63, 3.8) is 0 Å². The number of nitrogens with one attached hydrogen (secondary N) is 2. The molecule has 3 aliphatic rings. The lowest BCUT2D eigenvalue weighted by atomic mass is 9.62. The summed E-state index contributed by atoms with van der Waals surface area (Å²) in [5, 5.41) is 78.1. The van der Waals surface area contributed by atoms with E-state index in [4.69, 9.17) is 34.8 Å². The van der Waals surface area contributed by atoms with E-state index in [-0.39, 0.29) is 92.9 Å². The number of ether oxygens (including phenoxy) is 6. The first-order valence-corrected chi connectivity index (χ1v) is 20.9. The zero-order valence-corrected chi connectivity index (χ0v) is 37.8. The molecule has 3 aliphatic carbocycles. The van der Waals surface area contributed by atoms with Gasteiger partial charge in [-0.15, -0.1) is 11.5 Å². The Balaban J connectivity index is 0.000000398. The second kappa shape index (κ2) is 22.2. The largest absolute Gasteiger partial charge is 0.396 e. The Morgan fingerprint density at radius 1 is 0.705 bits per heavy atom. The number of aliphatic hydroxyl groups excluding tert-OH is 3. The lowest BCUT2D eigenvalue weighted by Gasteiger charge is -2.53. The number of rotatable bonds is 16. The molecule has 18 atom stereocenters. The summed E-state index contributed by atoms with van der Waals surface area (Å²) < 4.78 is 34.6. The summed E-state index contributed by atoms with van der Waals surface area (Å²) in [5.74, 6) is -1.93. The molecular weight excluding hydrogens is 798 g/mol. The molecule has 3 saturated carbocycles. The quantitative estimate of drug-likeness (QED) is 0.0929.